The van der Waals surface area contributed by atoms with E-state index in [-0.39, 0.29) is 17.9 Å². The average Bonchev–Trinajstić information content (AvgIpc) is 3.23. The van der Waals surface area contributed by atoms with Crippen LogP contribution in [0, 0.1) is 10.1 Å². The summed E-state index contributed by atoms with van der Waals surface area (Å²) in [6, 6.07) is 15.3. The summed E-state index contributed by atoms with van der Waals surface area (Å²) in [7, 11) is 0. The van der Waals surface area contributed by atoms with Crippen LogP contribution >= 0.6 is 11.8 Å². The number of nitro benzene ring substituents is 1. The normalized spacial score (nSPS) is 14.9. The number of nitro groups is 1. The van der Waals surface area contributed by atoms with Gasteiger partial charge in [0.2, 0.25) is 11.1 Å². The molecule has 10 heteroatoms. The van der Waals surface area contributed by atoms with Gasteiger partial charge in [-0.3, -0.25) is 10.1 Å². The number of rotatable bonds is 8. The highest BCUT2D eigenvalue weighted by molar-refractivity contribution is 7.98. The van der Waals surface area contributed by atoms with E-state index in [0.29, 0.717) is 28.1 Å². The van der Waals surface area contributed by atoms with Crippen LogP contribution in [0.25, 0.3) is 0 Å². The highest BCUT2D eigenvalue weighted by atomic mass is 32.2. The van der Waals surface area contributed by atoms with Crippen molar-refractivity contribution < 1.29 is 14.5 Å². The lowest BCUT2D eigenvalue weighted by Gasteiger charge is -2.27. The maximum atomic E-state index is 13.0. The van der Waals surface area contributed by atoms with E-state index >= 15 is 0 Å². The number of hydrogen-bond acceptors (Lipinski definition) is 8. The van der Waals surface area contributed by atoms with E-state index in [9.17, 15) is 14.9 Å². The molecule has 2 aromatic carbocycles. The fraction of sp³-hybridized carbons (Fsp3) is 0.174. The van der Waals surface area contributed by atoms with E-state index in [1.165, 1.54) is 28.6 Å². The zero-order chi connectivity index (χ0) is 23.4. The molecule has 168 valence electrons. The number of benzene rings is 2. The molecule has 0 radical (unpaired) electrons. The van der Waals surface area contributed by atoms with Crippen molar-refractivity contribution in [3.05, 3.63) is 99.8 Å². The Hall–Kier alpha value is -3.92. The molecular formula is C23H21N5O4S. The molecular weight excluding hydrogens is 442 g/mol. The van der Waals surface area contributed by atoms with Crippen molar-refractivity contribution in [1.82, 2.24) is 14.8 Å². The maximum Gasteiger partial charge on any atom is 0.338 e. The molecule has 33 heavy (non-hydrogen) atoms. The molecule has 4 rings (SSSR count). The molecule has 1 atom stereocenters. The molecule has 2 heterocycles. The quantitative estimate of drug-likeness (QED) is 0.171. The first-order valence-electron chi connectivity index (χ1n) is 10.1. The lowest BCUT2D eigenvalue weighted by molar-refractivity contribution is -0.385. The molecule has 1 aliphatic heterocycles. The number of carbonyl (C=O) groups excluding carboxylic acids is 1. The molecule has 0 unspecified atom stereocenters. The average molecular weight is 464 g/mol. The number of fused-ring (bicyclic) bond motifs is 1. The van der Waals surface area contributed by atoms with Crippen LogP contribution in [0.4, 0.5) is 11.6 Å². The topological polar surface area (TPSA) is 112 Å². The minimum Gasteiger partial charge on any atom is -0.458 e. The van der Waals surface area contributed by atoms with Crippen LogP contribution in [0.1, 0.15) is 24.1 Å². The van der Waals surface area contributed by atoms with Gasteiger partial charge in [0.15, 0.2) is 0 Å². The molecule has 3 aromatic rings. The number of para-hydroxylation sites is 1. The SMILES string of the molecule is C=CCOC(=O)C1=C(C)Nc2nc(SCc3ccccc3)nn2[C@@H]1c1ccccc1[N+](=O)[O-]. The van der Waals surface area contributed by atoms with Gasteiger partial charge >= 0.3 is 5.97 Å². The van der Waals surface area contributed by atoms with Gasteiger partial charge in [-0.1, -0.05) is 66.9 Å². The largest absolute Gasteiger partial charge is 0.458 e. The van der Waals surface area contributed by atoms with Crippen molar-refractivity contribution in [2.75, 3.05) is 11.9 Å². The summed E-state index contributed by atoms with van der Waals surface area (Å²) in [5.74, 6) is 0.440. The van der Waals surface area contributed by atoms with Crippen LogP contribution in [0.3, 0.4) is 0 Å². The number of thioether (sulfide) groups is 1. The molecule has 0 fully saturated rings. The third kappa shape index (κ3) is 4.65. The Morgan fingerprint density at radius 2 is 2.00 bits per heavy atom. The van der Waals surface area contributed by atoms with Crippen LogP contribution in [-0.2, 0) is 15.3 Å². The van der Waals surface area contributed by atoms with Crippen molar-refractivity contribution in [2.24, 2.45) is 0 Å². The van der Waals surface area contributed by atoms with Gasteiger partial charge < -0.3 is 10.1 Å². The number of nitrogens with one attached hydrogen (secondary N) is 1. The van der Waals surface area contributed by atoms with Crippen LogP contribution in [0.15, 0.2) is 83.7 Å². The smallest absolute Gasteiger partial charge is 0.338 e. The van der Waals surface area contributed by atoms with Crippen molar-refractivity contribution in [3.63, 3.8) is 0 Å². The highest BCUT2D eigenvalue weighted by Gasteiger charge is 2.38. The summed E-state index contributed by atoms with van der Waals surface area (Å²) in [5, 5.41) is 19.9. The first kappa shape index (κ1) is 22.3. The summed E-state index contributed by atoms with van der Waals surface area (Å²) in [6.45, 7) is 5.29. The second-order valence-corrected chi connectivity index (χ2v) is 8.15. The molecule has 0 spiro atoms. The number of esters is 1. The second kappa shape index (κ2) is 9.70. The lowest BCUT2D eigenvalue weighted by atomic mass is 9.94. The van der Waals surface area contributed by atoms with Crippen molar-refractivity contribution in [1.29, 1.82) is 0 Å². The molecule has 9 nitrogen and oxygen atoms in total. The molecule has 0 saturated heterocycles. The fourth-order valence-electron chi connectivity index (χ4n) is 3.56. The zero-order valence-electron chi connectivity index (χ0n) is 17.8. The van der Waals surface area contributed by atoms with Crippen LogP contribution in [0.2, 0.25) is 0 Å². The van der Waals surface area contributed by atoms with E-state index in [0.717, 1.165) is 5.56 Å². The Kier molecular flexibility index (Phi) is 6.55. The lowest BCUT2D eigenvalue weighted by Crippen LogP contribution is -2.30. The Morgan fingerprint density at radius 3 is 2.73 bits per heavy atom. The Balaban J connectivity index is 1.76. The second-order valence-electron chi connectivity index (χ2n) is 7.21. The Morgan fingerprint density at radius 1 is 1.27 bits per heavy atom. The fourth-order valence-corrected chi connectivity index (χ4v) is 4.35. The first-order chi connectivity index (χ1) is 16.0. The van der Waals surface area contributed by atoms with Gasteiger partial charge in [0.05, 0.1) is 16.1 Å². The maximum absolute atomic E-state index is 13.0. The van der Waals surface area contributed by atoms with Gasteiger partial charge in [-0.15, -0.1) is 5.10 Å². The van der Waals surface area contributed by atoms with Gasteiger partial charge in [-0.05, 0) is 18.6 Å². The summed E-state index contributed by atoms with van der Waals surface area (Å²) in [6.07, 6.45) is 1.46. The van der Waals surface area contributed by atoms with E-state index < -0.39 is 16.9 Å². The number of hydrogen-bond donors (Lipinski definition) is 1. The molecule has 0 amide bonds. The number of allylic oxidation sites excluding steroid dienone is 1. The molecule has 1 aliphatic rings. The minimum absolute atomic E-state index is 0.0155. The van der Waals surface area contributed by atoms with Crippen molar-refractivity contribution >= 4 is 29.4 Å². The Bertz CT molecular complexity index is 1240. The molecule has 1 aromatic heterocycles. The minimum atomic E-state index is -0.876. The summed E-state index contributed by atoms with van der Waals surface area (Å²) in [5.41, 5.74) is 2.03. The van der Waals surface area contributed by atoms with Gasteiger partial charge in [0, 0.05) is 17.5 Å². The summed E-state index contributed by atoms with van der Waals surface area (Å²) >= 11 is 1.43. The predicted molar refractivity (Wildman–Crippen MR) is 125 cm³/mol. The first-order valence-corrected chi connectivity index (χ1v) is 11.1. The van der Waals surface area contributed by atoms with E-state index in [2.05, 4.69) is 22.0 Å². The van der Waals surface area contributed by atoms with Gasteiger partial charge in [-0.25, -0.2) is 9.48 Å². The van der Waals surface area contributed by atoms with Crippen LogP contribution in [-0.4, -0.2) is 32.3 Å². The van der Waals surface area contributed by atoms with Crippen molar-refractivity contribution in [3.8, 4) is 0 Å². The van der Waals surface area contributed by atoms with Crippen LogP contribution in [0.5, 0.6) is 0 Å². The number of anilines is 1. The monoisotopic (exact) mass is 463 g/mol. The summed E-state index contributed by atoms with van der Waals surface area (Å²) in [4.78, 5) is 28.8. The van der Waals surface area contributed by atoms with E-state index in [1.807, 2.05) is 30.3 Å². The third-order valence-electron chi connectivity index (χ3n) is 5.02. The summed E-state index contributed by atoms with van der Waals surface area (Å²) < 4.78 is 6.80. The van der Waals surface area contributed by atoms with Gasteiger partial charge in [0.25, 0.3) is 5.69 Å². The number of aromatic nitrogens is 3. The predicted octanol–water partition coefficient (Wildman–Crippen LogP) is 4.50. The van der Waals surface area contributed by atoms with Gasteiger partial charge in [-0.2, -0.15) is 4.98 Å². The van der Waals surface area contributed by atoms with Crippen LogP contribution < -0.4 is 5.32 Å². The van der Waals surface area contributed by atoms with E-state index in [1.54, 1.807) is 25.1 Å². The number of carbonyl (C=O) groups is 1. The van der Waals surface area contributed by atoms with Crippen molar-refractivity contribution in [2.45, 2.75) is 23.9 Å². The van der Waals surface area contributed by atoms with Gasteiger partial charge in [0.1, 0.15) is 12.6 Å². The molecule has 0 saturated carbocycles. The standard InChI is InChI=1S/C23H21N5O4S/c1-3-13-32-21(29)19-15(2)24-22-25-23(33-14-16-9-5-4-6-10-16)26-27(22)20(19)17-11-7-8-12-18(17)28(30)31/h3-12,20H,1,13-14H2,2H3,(H,24,25,26)/t20-/m1/s1. The van der Waals surface area contributed by atoms with E-state index in [4.69, 9.17) is 4.74 Å². The molecule has 0 aliphatic carbocycles. The Labute approximate surface area is 194 Å². The molecule has 1 N–H and O–H groups in total. The molecule has 0 bridgehead atoms. The third-order valence-corrected chi connectivity index (χ3v) is 5.93. The number of nitrogens with zero attached hydrogens (tertiary/aromatic N) is 4. The zero-order valence-corrected chi connectivity index (χ0v) is 18.6. The number of ether oxygens (including phenoxy) is 1. The highest BCUT2D eigenvalue weighted by Crippen LogP contribution is 2.40.